The van der Waals surface area contributed by atoms with Crippen molar-refractivity contribution >= 4 is 29.1 Å². The van der Waals surface area contributed by atoms with Crippen molar-refractivity contribution in [2.45, 2.75) is 64.1 Å². The van der Waals surface area contributed by atoms with E-state index in [0.29, 0.717) is 36.5 Å². The third-order valence-corrected chi connectivity index (χ3v) is 9.20. The fourth-order valence-electron chi connectivity index (χ4n) is 6.46. The Morgan fingerprint density at radius 1 is 1.00 bits per heavy atom. The largest absolute Gasteiger partial charge is 0.497 e. The average molecular weight is 640 g/mol. The molecule has 5 rings (SSSR count). The zero-order valence-electron chi connectivity index (χ0n) is 27.3. The first-order chi connectivity index (χ1) is 22.8. The summed E-state index contributed by atoms with van der Waals surface area (Å²) in [6.45, 7) is 3.13. The summed E-state index contributed by atoms with van der Waals surface area (Å²) < 4.78 is 5.45. The van der Waals surface area contributed by atoms with Gasteiger partial charge in [-0.3, -0.25) is 14.4 Å². The third kappa shape index (κ3) is 7.58. The maximum atomic E-state index is 14.1. The van der Waals surface area contributed by atoms with Crippen LogP contribution in [0.3, 0.4) is 0 Å². The second kappa shape index (κ2) is 15.4. The van der Waals surface area contributed by atoms with Crippen molar-refractivity contribution in [2.75, 3.05) is 36.6 Å². The quantitative estimate of drug-likeness (QED) is 0.259. The van der Waals surface area contributed by atoms with Gasteiger partial charge in [0, 0.05) is 49.6 Å². The van der Waals surface area contributed by atoms with Crippen molar-refractivity contribution in [3.05, 3.63) is 102 Å². The van der Waals surface area contributed by atoms with Crippen LogP contribution >= 0.6 is 0 Å². The Balaban J connectivity index is 1.32. The molecule has 0 radical (unpaired) electrons. The zero-order chi connectivity index (χ0) is 33.4. The van der Waals surface area contributed by atoms with Crippen LogP contribution in [0.15, 0.2) is 84.9 Å². The van der Waals surface area contributed by atoms with E-state index in [-0.39, 0.29) is 37.9 Å². The normalized spacial score (nSPS) is 19.0. The second-order valence-corrected chi connectivity index (χ2v) is 12.4. The Morgan fingerprint density at radius 2 is 1.74 bits per heavy atom. The molecule has 0 spiro atoms. The van der Waals surface area contributed by atoms with E-state index < -0.39 is 17.4 Å². The highest BCUT2D eigenvalue weighted by Gasteiger charge is 2.52. The van der Waals surface area contributed by atoms with Gasteiger partial charge >= 0.3 is 0 Å². The summed E-state index contributed by atoms with van der Waals surface area (Å²) in [4.78, 5) is 45.0. The van der Waals surface area contributed by atoms with E-state index in [1.807, 2.05) is 59.5 Å². The van der Waals surface area contributed by atoms with Crippen LogP contribution in [0.25, 0.3) is 0 Å². The molecule has 0 bridgehead atoms. The first-order valence-electron chi connectivity index (χ1n) is 16.5. The lowest BCUT2D eigenvalue weighted by Crippen LogP contribution is -2.44. The topological polar surface area (TPSA) is 111 Å². The van der Waals surface area contributed by atoms with Gasteiger partial charge in [-0.15, -0.1) is 0 Å². The number of aliphatic hydroxyl groups excluding tert-OH is 1. The standard InChI is InChI=1S/C38H45N3O6/c1-28(11-10-15-35(43)39(23-24-42)26-29-12-6-5-7-13-29)38(46)33-25-32(47-2)20-21-34(33)41(37(38)45)27-30-16-18-31(19-17-30)40-22-9-4-3-8-14-36(40)44/h5-7,10-13,16-21,25,28,42,46H,3-4,8-9,14-15,22-24,26-27H2,1-2H3/b11-10+/t28-,38+/m1/s1. The molecular formula is C38H45N3O6. The van der Waals surface area contributed by atoms with Crippen molar-refractivity contribution in [1.29, 1.82) is 0 Å². The van der Waals surface area contributed by atoms with Crippen molar-refractivity contribution in [3.63, 3.8) is 0 Å². The number of anilines is 2. The molecule has 0 unspecified atom stereocenters. The molecule has 2 heterocycles. The van der Waals surface area contributed by atoms with Gasteiger partial charge < -0.3 is 29.6 Å². The number of benzene rings is 3. The molecule has 9 nitrogen and oxygen atoms in total. The highest BCUT2D eigenvalue weighted by Crippen LogP contribution is 2.47. The molecule has 3 amide bonds. The summed E-state index contributed by atoms with van der Waals surface area (Å²) in [6.07, 6.45) is 8.10. The van der Waals surface area contributed by atoms with Crippen molar-refractivity contribution in [1.82, 2.24) is 4.90 Å². The first-order valence-corrected chi connectivity index (χ1v) is 16.5. The fourth-order valence-corrected chi connectivity index (χ4v) is 6.46. The Morgan fingerprint density at radius 3 is 2.47 bits per heavy atom. The van der Waals surface area contributed by atoms with Crippen molar-refractivity contribution in [3.8, 4) is 5.75 Å². The van der Waals surface area contributed by atoms with Crippen LogP contribution in [0.5, 0.6) is 5.75 Å². The van der Waals surface area contributed by atoms with Crippen molar-refractivity contribution in [2.24, 2.45) is 5.92 Å². The van der Waals surface area contributed by atoms with Gasteiger partial charge in [0.25, 0.3) is 5.91 Å². The monoisotopic (exact) mass is 639 g/mol. The Kier molecular flexibility index (Phi) is 11.1. The first kappa shape index (κ1) is 33.9. The summed E-state index contributed by atoms with van der Waals surface area (Å²) in [5, 5.41) is 21.7. The number of methoxy groups -OCH3 is 1. The van der Waals surface area contributed by atoms with Gasteiger partial charge in [0.1, 0.15) is 5.75 Å². The second-order valence-electron chi connectivity index (χ2n) is 12.4. The number of aliphatic hydroxyl groups is 2. The van der Waals surface area contributed by atoms with Crippen LogP contribution in [-0.4, -0.2) is 59.6 Å². The zero-order valence-corrected chi connectivity index (χ0v) is 27.3. The summed E-state index contributed by atoms with van der Waals surface area (Å²) in [5.41, 5.74) is 1.83. The van der Waals surface area contributed by atoms with Gasteiger partial charge in [0.15, 0.2) is 5.60 Å². The van der Waals surface area contributed by atoms with E-state index in [1.165, 1.54) is 7.11 Å². The Labute approximate surface area is 277 Å². The number of fused-ring (bicyclic) bond motifs is 1. The lowest BCUT2D eigenvalue weighted by molar-refractivity contribution is -0.139. The minimum atomic E-state index is -1.88. The van der Waals surface area contributed by atoms with E-state index in [0.717, 1.165) is 42.5 Å². The Bertz CT molecular complexity index is 1570. The van der Waals surface area contributed by atoms with Crippen LogP contribution in [0, 0.1) is 5.92 Å². The molecule has 1 fully saturated rings. The van der Waals surface area contributed by atoms with Gasteiger partial charge in [-0.1, -0.05) is 74.4 Å². The molecule has 0 aliphatic carbocycles. The van der Waals surface area contributed by atoms with Gasteiger partial charge in [-0.05, 0) is 54.3 Å². The van der Waals surface area contributed by atoms with Gasteiger partial charge in [0.2, 0.25) is 11.8 Å². The number of amides is 3. The lowest BCUT2D eigenvalue weighted by Gasteiger charge is -2.28. The molecule has 3 aromatic rings. The highest BCUT2D eigenvalue weighted by atomic mass is 16.5. The number of hydrogen-bond acceptors (Lipinski definition) is 6. The molecule has 2 aliphatic heterocycles. The molecule has 2 atom stereocenters. The van der Waals surface area contributed by atoms with Gasteiger partial charge in [-0.2, -0.15) is 0 Å². The highest BCUT2D eigenvalue weighted by molar-refractivity contribution is 6.07. The molecule has 1 saturated heterocycles. The maximum Gasteiger partial charge on any atom is 0.264 e. The number of carbonyl (C=O) groups excluding carboxylic acids is 3. The van der Waals surface area contributed by atoms with Crippen LogP contribution < -0.4 is 14.5 Å². The lowest BCUT2D eigenvalue weighted by atomic mass is 9.83. The maximum absolute atomic E-state index is 14.1. The molecule has 47 heavy (non-hydrogen) atoms. The molecule has 0 saturated carbocycles. The average Bonchev–Trinajstić information content (AvgIpc) is 3.29. The van der Waals surface area contributed by atoms with Crippen LogP contribution in [0.4, 0.5) is 11.4 Å². The van der Waals surface area contributed by atoms with Crippen LogP contribution in [0.1, 0.15) is 62.1 Å². The van der Waals surface area contributed by atoms with Crippen molar-refractivity contribution < 1.29 is 29.3 Å². The summed E-state index contributed by atoms with van der Waals surface area (Å²) in [6, 6.07) is 22.5. The van der Waals surface area contributed by atoms with Gasteiger partial charge in [0.05, 0.1) is 25.9 Å². The SMILES string of the molecule is COc1ccc2c(c1)[C@@](O)([C@H](C)/C=C/CC(=O)N(CCO)Cc1ccccc1)C(=O)N2Cc1ccc(N2CCCCCCC2=O)cc1. The molecule has 248 valence electrons. The third-order valence-electron chi connectivity index (χ3n) is 9.20. The predicted octanol–water partition coefficient (Wildman–Crippen LogP) is 5.33. The van der Waals surface area contributed by atoms with Crippen LogP contribution in [-0.2, 0) is 33.1 Å². The number of carbonyl (C=O) groups is 3. The minimum absolute atomic E-state index is 0.0575. The Hall–Kier alpha value is -4.47. The molecular weight excluding hydrogens is 594 g/mol. The van der Waals surface area contributed by atoms with E-state index >= 15 is 0 Å². The number of hydrogen-bond donors (Lipinski definition) is 2. The van der Waals surface area contributed by atoms with E-state index in [4.69, 9.17) is 4.74 Å². The molecule has 2 N–H and O–H groups in total. The fraction of sp³-hybridized carbons (Fsp3) is 0.395. The summed E-state index contributed by atoms with van der Waals surface area (Å²) in [5.74, 6) is -0.634. The molecule has 3 aromatic carbocycles. The smallest absolute Gasteiger partial charge is 0.264 e. The number of nitrogens with zero attached hydrogens (tertiary/aromatic N) is 3. The number of ether oxygens (including phenoxy) is 1. The molecule has 2 aliphatic rings. The van der Waals surface area contributed by atoms with Gasteiger partial charge in [-0.25, -0.2) is 0 Å². The number of rotatable bonds is 12. The summed E-state index contributed by atoms with van der Waals surface area (Å²) in [7, 11) is 1.54. The van der Waals surface area contributed by atoms with E-state index in [9.17, 15) is 24.6 Å². The predicted molar refractivity (Wildman–Crippen MR) is 182 cm³/mol. The van der Waals surface area contributed by atoms with E-state index in [2.05, 4.69) is 0 Å². The van der Waals surface area contributed by atoms with Crippen LogP contribution in [0.2, 0.25) is 0 Å². The van der Waals surface area contributed by atoms with E-state index in [1.54, 1.807) is 47.1 Å². The molecule has 9 heteroatoms. The minimum Gasteiger partial charge on any atom is -0.497 e. The molecule has 0 aromatic heterocycles. The summed E-state index contributed by atoms with van der Waals surface area (Å²) >= 11 is 0.